The molecule has 9 nitrogen and oxygen atoms in total. The number of nitrogens with zero attached hydrogens (tertiary/aromatic N) is 3. The SMILES string of the molecule is C1COCCN1.CCN1CC(CCCl)C(c2ccccc2)(c2ccccc2)C1=O.CCN1CC(CCN2CCOCC2)C(c2ccccc2)(c2ccccc2)C1=O.CCO. The molecule has 10 heteroatoms. The van der Waals surface area contributed by atoms with Gasteiger partial charge in [0, 0.05) is 76.7 Å². The van der Waals surface area contributed by atoms with Crippen molar-refractivity contribution in [2.75, 3.05) is 97.8 Å². The summed E-state index contributed by atoms with van der Waals surface area (Å²) in [5.41, 5.74) is 3.17. The Bertz CT molecular complexity index is 1720. The standard InChI is InChI=1S/C24H30N2O2.C20H22ClNO.C4H9NO.C2H6O/c1-2-26-19-22(13-14-25-15-17-28-18-16-25)24(23(26)27,20-9-5-3-6-10-20)21-11-7-4-8-12-21;1-2-22-15-18(13-14-21)20(19(22)23,16-9-5-3-6-10-16)17-11-7-4-8-12-17;1-3-6-4-2-5-1;1-2-3/h3-12,22H,2,13-19H2,1H3;3-12,18H,2,13-15H2,1H3;5H,1-4H2;3H,2H2,1H3. The monoisotopic (exact) mass is 838 g/mol. The van der Waals surface area contributed by atoms with E-state index in [1.165, 1.54) is 0 Å². The highest BCUT2D eigenvalue weighted by Crippen LogP contribution is 2.48. The normalized spacial score (nSPS) is 20.9. The Labute approximate surface area is 364 Å². The van der Waals surface area contributed by atoms with Gasteiger partial charge in [0.15, 0.2) is 0 Å². The van der Waals surface area contributed by atoms with Crippen molar-refractivity contribution in [1.29, 1.82) is 0 Å². The fraction of sp³-hybridized carbons (Fsp3) is 0.480. The number of halogens is 1. The molecular formula is C50H67ClN4O5. The molecule has 2 amide bonds. The van der Waals surface area contributed by atoms with Crippen LogP contribution in [0.25, 0.3) is 0 Å². The molecule has 4 aromatic rings. The van der Waals surface area contributed by atoms with E-state index in [9.17, 15) is 9.59 Å². The molecule has 2 atom stereocenters. The molecule has 324 valence electrons. The van der Waals surface area contributed by atoms with Crippen LogP contribution in [0.2, 0.25) is 0 Å². The number of rotatable bonds is 11. The van der Waals surface area contributed by atoms with E-state index in [0.29, 0.717) is 5.88 Å². The molecule has 4 fully saturated rings. The number of carbonyl (C=O) groups excluding carboxylic acids is 2. The van der Waals surface area contributed by atoms with Crippen LogP contribution in [0.15, 0.2) is 121 Å². The predicted octanol–water partition coefficient (Wildman–Crippen LogP) is 6.86. The highest BCUT2D eigenvalue weighted by atomic mass is 35.5. The molecule has 4 saturated heterocycles. The summed E-state index contributed by atoms with van der Waals surface area (Å²) in [5, 5.41) is 10.7. The van der Waals surface area contributed by atoms with Crippen molar-refractivity contribution >= 4 is 23.4 Å². The number of ether oxygens (including phenoxy) is 2. The molecule has 8 rings (SSSR count). The number of likely N-dealkylation sites (tertiary alicyclic amines) is 2. The smallest absolute Gasteiger partial charge is 0.238 e. The second-order valence-electron chi connectivity index (χ2n) is 15.6. The maximum atomic E-state index is 13.8. The molecule has 4 heterocycles. The molecule has 0 radical (unpaired) electrons. The number of likely N-dealkylation sites (N-methyl/N-ethyl adjacent to an activating group) is 2. The van der Waals surface area contributed by atoms with Crippen LogP contribution >= 0.6 is 11.6 Å². The molecule has 0 saturated carbocycles. The lowest BCUT2D eigenvalue weighted by molar-refractivity contribution is -0.132. The molecule has 60 heavy (non-hydrogen) atoms. The van der Waals surface area contributed by atoms with E-state index >= 15 is 0 Å². The second kappa shape index (κ2) is 24.4. The summed E-state index contributed by atoms with van der Waals surface area (Å²) in [7, 11) is 0. The molecule has 4 aliphatic rings. The van der Waals surface area contributed by atoms with Gasteiger partial charge >= 0.3 is 0 Å². The van der Waals surface area contributed by atoms with Gasteiger partial charge in [0.2, 0.25) is 11.8 Å². The molecule has 2 N–H and O–H groups in total. The number of alkyl halides is 1. The first-order chi connectivity index (χ1) is 29.4. The Hall–Kier alpha value is -4.09. The van der Waals surface area contributed by atoms with Gasteiger partial charge in [-0.25, -0.2) is 0 Å². The average molecular weight is 840 g/mol. The van der Waals surface area contributed by atoms with Crippen LogP contribution in [0.5, 0.6) is 0 Å². The topological polar surface area (TPSA) is 94.6 Å². The van der Waals surface area contributed by atoms with Crippen molar-refractivity contribution in [2.45, 2.75) is 44.4 Å². The Balaban J connectivity index is 0.000000191. The molecule has 0 aliphatic carbocycles. The van der Waals surface area contributed by atoms with Gasteiger partial charge in [0.25, 0.3) is 0 Å². The Morgan fingerprint density at radius 3 is 1.25 bits per heavy atom. The van der Waals surface area contributed by atoms with Crippen molar-refractivity contribution in [3.8, 4) is 0 Å². The number of carbonyl (C=O) groups is 2. The van der Waals surface area contributed by atoms with E-state index in [-0.39, 0.29) is 30.3 Å². The first-order valence-corrected chi connectivity index (χ1v) is 22.5. The van der Waals surface area contributed by atoms with Gasteiger partial charge < -0.3 is 29.7 Å². The summed E-state index contributed by atoms with van der Waals surface area (Å²) in [4.78, 5) is 33.7. The van der Waals surface area contributed by atoms with Gasteiger partial charge in [-0.15, -0.1) is 11.6 Å². The molecule has 0 bridgehead atoms. The lowest BCUT2D eigenvalue weighted by Crippen LogP contribution is -2.43. The number of benzene rings is 4. The summed E-state index contributed by atoms with van der Waals surface area (Å²) in [6, 6.07) is 41.2. The van der Waals surface area contributed by atoms with Crippen molar-refractivity contribution in [3.05, 3.63) is 144 Å². The van der Waals surface area contributed by atoms with Crippen LogP contribution in [-0.4, -0.2) is 129 Å². The van der Waals surface area contributed by atoms with Crippen molar-refractivity contribution in [1.82, 2.24) is 20.0 Å². The van der Waals surface area contributed by atoms with E-state index < -0.39 is 10.8 Å². The highest BCUT2D eigenvalue weighted by Gasteiger charge is 2.56. The molecule has 4 aliphatic heterocycles. The first-order valence-electron chi connectivity index (χ1n) is 22.0. The number of morpholine rings is 2. The minimum atomic E-state index is -0.618. The lowest BCUT2D eigenvalue weighted by atomic mass is 9.66. The van der Waals surface area contributed by atoms with Gasteiger partial charge in [0.1, 0.15) is 10.8 Å². The van der Waals surface area contributed by atoms with Crippen molar-refractivity contribution < 1.29 is 24.2 Å². The quantitative estimate of drug-likeness (QED) is 0.160. The summed E-state index contributed by atoms with van der Waals surface area (Å²) in [6.45, 7) is 17.6. The maximum absolute atomic E-state index is 13.8. The molecule has 4 aromatic carbocycles. The van der Waals surface area contributed by atoms with Crippen LogP contribution in [-0.2, 0) is 29.9 Å². The van der Waals surface area contributed by atoms with Gasteiger partial charge in [-0.3, -0.25) is 14.5 Å². The average Bonchev–Trinajstić information content (AvgIpc) is 3.78. The van der Waals surface area contributed by atoms with Gasteiger partial charge in [-0.05, 0) is 62.4 Å². The van der Waals surface area contributed by atoms with Gasteiger partial charge in [-0.2, -0.15) is 0 Å². The van der Waals surface area contributed by atoms with Crippen molar-refractivity contribution in [2.24, 2.45) is 11.8 Å². The van der Waals surface area contributed by atoms with Gasteiger partial charge in [-0.1, -0.05) is 121 Å². The Kier molecular flexibility index (Phi) is 19.1. The zero-order valence-corrected chi connectivity index (χ0v) is 36.8. The zero-order valence-electron chi connectivity index (χ0n) is 36.0. The summed E-state index contributed by atoms with van der Waals surface area (Å²) in [5.74, 6) is 1.47. The van der Waals surface area contributed by atoms with Crippen molar-refractivity contribution in [3.63, 3.8) is 0 Å². The largest absolute Gasteiger partial charge is 0.397 e. The fourth-order valence-corrected chi connectivity index (χ4v) is 9.63. The van der Waals surface area contributed by atoms with Crippen LogP contribution in [0.4, 0.5) is 0 Å². The molecular weight excluding hydrogens is 772 g/mol. The highest BCUT2D eigenvalue weighted by molar-refractivity contribution is 6.17. The zero-order chi connectivity index (χ0) is 42.6. The lowest BCUT2D eigenvalue weighted by Gasteiger charge is -2.36. The Morgan fingerprint density at radius 2 is 0.950 bits per heavy atom. The third-order valence-electron chi connectivity index (χ3n) is 12.2. The number of amides is 2. The number of aliphatic hydroxyl groups excluding tert-OH is 1. The van der Waals surface area contributed by atoms with E-state index in [1.54, 1.807) is 6.92 Å². The fourth-order valence-electron chi connectivity index (χ4n) is 9.37. The van der Waals surface area contributed by atoms with Crippen LogP contribution in [0.3, 0.4) is 0 Å². The number of aliphatic hydroxyl groups is 1. The second-order valence-corrected chi connectivity index (χ2v) is 15.9. The molecule has 2 unspecified atom stereocenters. The summed E-state index contributed by atoms with van der Waals surface area (Å²) in [6.07, 6.45) is 1.83. The summed E-state index contributed by atoms with van der Waals surface area (Å²) < 4.78 is 10.5. The number of hydrogen-bond acceptors (Lipinski definition) is 7. The third-order valence-corrected chi connectivity index (χ3v) is 12.5. The minimum absolute atomic E-state index is 0.192. The van der Waals surface area contributed by atoms with Crippen LogP contribution < -0.4 is 5.32 Å². The number of nitrogens with one attached hydrogen (secondary N) is 1. The predicted molar refractivity (Wildman–Crippen MR) is 242 cm³/mol. The van der Waals surface area contributed by atoms with Gasteiger partial charge in [0.05, 0.1) is 26.4 Å². The van der Waals surface area contributed by atoms with E-state index in [1.807, 2.05) is 65.3 Å². The minimum Gasteiger partial charge on any atom is -0.397 e. The van der Waals surface area contributed by atoms with E-state index in [4.69, 9.17) is 26.2 Å². The third kappa shape index (κ3) is 10.9. The maximum Gasteiger partial charge on any atom is 0.238 e. The first kappa shape index (κ1) is 47.0. The summed E-state index contributed by atoms with van der Waals surface area (Å²) >= 11 is 6.09. The van der Waals surface area contributed by atoms with E-state index in [0.717, 1.165) is 120 Å². The number of hydrogen-bond donors (Lipinski definition) is 2. The Morgan fingerprint density at radius 1 is 0.600 bits per heavy atom. The van der Waals surface area contributed by atoms with E-state index in [2.05, 4.69) is 89.9 Å². The molecule has 0 spiro atoms. The van der Waals surface area contributed by atoms with Crippen LogP contribution in [0, 0.1) is 11.8 Å². The molecule has 0 aromatic heterocycles. The van der Waals surface area contributed by atoms with Crippen LogP contribution in [0.1, 0.15) is 55.9 Å².